The molecular formula is C22H47NO2Si2. The molecule has 160 valence electrons. The maximum absolute atomic E-state index is 12.6. The van der Waals surface area contributed by atoms with Gasteiger partial charge in [0.05, 0.1) is 22.4 Å². The van der Waals surface area contributed by atoms with E-state index in [0.717, 1.165) is 0 Å². The van der Waals surface area contributed by atoms with Crippen LogP contribution in [0.3, 0.4) is 0 Å². The van der Waals surface area contributed by atoms with E-state index in [2.05, 4.69) is 47.6 Å². The zero-order valence-corrected chi connectivity index (χ0v) is 21.9. The third kappa shape index (κ3) is 6.21. The summed E-state index contributed by atoms with van der Waals surface area (Å²) in [5, 5.41) is 0.685. The lowest BCUT2D eigenvalue weighted by molar-refractivity contribution is 0.109. The van der Waals surface area contributed by atoms with Gasteiger partial charge in [0, 0.05) is 12.1 Å². The minimum Gasteiger partial charge on any atom is -0.419 e. The van der Waals surface area contributed by atoms with E-state index in [0.29, 0.717) is 5.16 Å². The van der Waals surface area contributed by atoms with Gasteiger partial charge in [0.1, 0.15) is 0 Å². The van der Waals surface area contributed by atoms with Crippen molar-refractivity contribution in [2.24, 2.45) is 0 Å². The minimum absolute atomic E-state index is 0.146. The number of carbonyl (C=O) groups is 1. The van der Waals surface area contributed by atoms with Crippen LogP contribution in [0.15, 0.2) is 12.3 Å². The van der Waals surface area contributed by atoms with Gasteiger partial charge in [0.2, 0.25) is 0 Å². The Balaban J connectivity index is 5.79. The number of ether oxygens (including phenoxy) is 1. The van der Waals surface area contributed by atoms with Crippen LogP contribution in [-0.4, -0.2) is 39.2 Å². The molecular weight excluding hydrogens is 366 g/mol. The third-order valence-corrected chi connectivity index (χ3v) is 22.5. The Kier molecular flexibility index (Phi) is 11.9. The first kappa shape index (κ1) is 26.4. The molecule has 0 unspecified atom stereocenters. The SMILES string of the molecule is CC[Si](CC)(CC)C(/C=C\OC(=O)N(C(C)C)C(C)C)[Si](CC)(CC)CC. The van der Waals surface area contributed by atoms with Crippen LogP contribution in [0.4, 0.5) is 4.79 Å². The fraction of sp³-hybridized carbons (Fsp3) is 0.864. The highest BCUT2D eigenvalue weighted by Gasteiger charge is 2.47. The molecule has 0 bridgehead atoms. The Morgan fingerprint density at radius 2 is 1.11 bits per heavy atom. The first-order valence-corrected chi connectivity index (χ1v) is 16.7. The van der Waals surface area contributed by atoms with Gasteiger partial charge in [0.25, 0.3) is 0 Å². The number of hydrogen-bond donors (Lipinski definition) is 0. The molecule has 27 heavy (non-hydrogen) atoms. The smallest absolute Gasteiger partial charge is 0.415 e. The van der Waals surface area contributed by atoms with Crippen molar-refractivity contribution in [1.82, 2.24) is 4.90 Å². The number of nitrogens with zero attached hydrogens (tertiary/aromatic N) is 1. The number of hydrogen-bond acceptors (Lipinski definition) is 2. The van der Waals surface area contributed by atoms with Crippen LogP contribution in [0.25, 0.3) is 0 Å². The molecule has 0 atom stereocenters. The van der Waals surface area contributed by atoms with Crippen LogP contribution in [-0.2, 0) is 4.74 Å². The van der Waals surface area contributed by atoms with Crippen molar-refractivity contribution in [2.45, 2.75) is 123 Å². The van der Waals surface area contributed by atoms with Gasteiger partial charge in [0.15, 0.2) is 0 Å². The van der Waals surface area contributed by atoms with E-state index >= 15 is 0 Å². The highest BCUT2D eigenvalue weighted by molar-refractivity contribution is 7.00. The first-order valence-electron chi connectivity index (χ1n) is 11.3. The Morgan fingerprint density at radius 3 is 1.37 bits per heavy atom. The summed E-state index contributed by atoms with van der Waals surface area (Å²) in [5.74, 6) is 0. The quantitative estimate of drug-likeness (QED) is 0.242. The Hall–Kier alpha value is -0.556. The van der Waals surface area contributed by atoms with E-state index < -0.39 is 16.1 Å². The lowest BCUT2D eigenvalue weighted by Gasteiger charge is -2.46. The second kappa shape index (κ2) is 12.1. The molecule has 0 aliphatic rings. The summed E-state index contributed by atoms with van der Waals surface area (Å²) in [6.07, 6.45) is 3.88. The van der Waals surface area contributed by atoms with Crippen molar-refractivity contribution < 1.29 is 9.53 Å². The van der Waals surface area contributed by atoms with Gasteiger partial charge in [-0.3, -0.25) is 0 Å². The molecule has 0 aliphatic carbocycles. The van der Waals surface area contributed by atoms with Crippen molar-refractivity contribution in [3.63, 3.8) is 0 Å². The van der Waals surface area contributed by atoms with Gasteiger partial charge < -0.3 is 9.64 Å². The summed E-state index contributed by atoms with van der Waals surface area (Å²) in [6, 6.07) is 8.22. The lowest BCUT2D eigenvalue weighted by Crippen LogP contribution is -2.52. The summed E-state index contributed by atoms with van der Waals surface area (Å²) < 4.78 is 5.67. The molecule has 0 fully saturated rings. The van der Waals surface area contributed by atoms with Gasteiger partial charge in [-0.05, 0) is 32.9 Å². The van der Waals surface area contributed by atoms with Crippen molar-refractivity contribution in [3.05, 3.63) is 12.3 Å². The standard InChI is InChI=1S/C22H47NO2Si2/c1-11-26(12-2,13-3)21(27(14-4,15-5)16-6)17-18-25-22(24)23(19(7)8)20(9)10/h17-21H,11-16H2,1-10H3/b18-17-. The average Bonchev–Trinajstić information content (AvgIpc) is 2.64. The molecule has 0 saturated carbocycles. The molecule has 0 spiro atoms. The molecule has 0 radical (unpaired) electrons. The van der Waals surface area contributed by atoms with E-state index in [1.807, 2.05) is 32.6 Å². The van der Waals surface area contributed by atoms with Crippen LogP contribution in [0.2, 0.25) is 41.4 Å². The van der Waals surface area contributed by atoms with E-state index in [4.69, 9.17) is 4.74 Å². The highest BCUT2D eigenvalue weighted by atomic mass is 28.4. The van der Waals surface area contributed by atoms with Gasteiger partial charge in [-0.2, -0.15) is 0 Å². The lowest BCUT2D eigenvalue weighted by atomic mass is 10.2. The average molecular weight is 414 g/mol. The van der Waals surface area contributed by atoms with Crippen LogP contribution in [0, 0.1) is 0 Å². The fourth-order valence-corrected chi connectivity index (χ4v) is 20.6. The van der Waals surface area contributed by atoms with Gasteiger partial charge >= 0.3 is 6.09 Å². The molecule has 3 nitrogen and oxygen atoms in total. The number of carbonyl (C=O) groups excluding carboxylic acids is 1. The van der Waals surface area contributed by atoms with Crippen LogP contribution in [0.5, 0.6) is 0 Å². The van der Waals surface area contributed by atoms with E-state index in [1.165, 1.54) is 36.3 Å². The molecule has 0 aromatic rings. The molecule has 0 aromatic carbocycles. The number of rotatable bonds is 12. The van der Waals surface area contributed by atoms with Crippen LogP contribution in [0.1, 0.15) is 69.2 Å². The van der Waals surface area contributed by atoms with Gasteiger partial charge in [-0.25, -0.2) is 4.79 Å². The third-order valence-electron chi connectivity index (χ3n) is 7.31. The predicted octanol–water partition coefficient (Wildman–Crippen LogP) is 7.68. The molecule has 1 amide bonds. The topological polar surface area (TPSA) is 29.5 Å². The monoisotopic (exact) mass is 413 g/mol. The number of amides is 1. The fourth-order valence-electron chi connectivity index (χ4n) is 5.13. The molecule has 0 N–H and O–H groups in total. The second-order valence-corrected chi connectivity index (χ2v) is 20.1. The molecule has 0 aromatic heterocycles. The zero-order chi connectivity index (χ0) is 21.3. The summed E-state index contributed by atoms with van der Waals surface area (Å²) in [7, 11) is -2.84. The van der Waals surface area contributed by atoms with Crippen LogP contribution < -0.4 is 0 Å². The number of allylic oxidation sites excluding steroid dienone is 1. The normalized spacial score (nSPS) is 13.2. The van der Waals surface area contributed by atoms with E-state index in [-0.39, 0.29) is 18.2 Å². The molecule has 0 rings (SSSR count). The van der Waals surface area contributed by atoms with E-state index in [9.17, 15) is 4.79 Å². The second-order valence-electron chi connectivity index (χ2n) is 8.63. The molecule has 5 heteroatoms. The maximum atomic E-state index is 12.6. The minimum atomic E-state index is -1.42. The molecule has 0 heterocycles. The van der Waals surface area contributed by atoms with Gasteiger partial charge in [-0.15, -0.1) is 0 Å². The van der Waals surface area contributed by atoms with Crippen molar-refractivity contribution >= 4 is 22.2 Å². The molecule has 0 saturated heterocycles. The Labute approximate surface area is 172 Å². The van der Waals surface area contributed by atoms with Gasteiger partial charge in [-0.1, -0.05) is 83.9 Å². The summed E-state index contributed by atoms with van der Waals surface area (Å²) >= 11 is 0. The summed E-state index contributed by atoms with van der Waals surface area (Å²) in [6.45, 7) is 22.5. The van der Waals surface area contributed by atoms with Crippen LogP contribution >= 0.6 is 0 Å². The summed E-state index contributed by atoms with van der Waals surface area (Å²) in [4.78, 5) is 14.4. The maximum Gasteiger partial charge on any atom is 0.415 e. The highest BCUT2D eigenvalue weighted by Crippen LogP contribution is 2.46. The van der Waals surface area contributed by atoms with Crippen molar-refractivity contribution in [3.8, 4) is 0 Å². The Bertz CT molecular complexity index is 411. The Morgan fingerprint density at radius 1 is 0.778 bits per heavy atom. The molecule has 0 aliphatic heterocycles. The largest absolute Gasteiger partial charge is 0.419 e. The zero-order valence-electron chi connectivity index (χ0n) is 19.9. The first-order chi connectivity index (χ1) is 12.6. The van der Waals surface area contributed by atoms with Crippen molar-refractivity contribution in [1.29, 1.82) is 0 Å². The van der Waals surface area contributed by atoms with E-state index in [1.54, 1.807) is 6.26 Å². The summed E-state index contributed by atoms with van der Waals surface area (Å²) in [5.41, 5.74) is 0. The predicted molar refractivity (Wildman–Crippen MR) is 126 cm³/mol. The van der Waals surface area contributed by atoms with Crippen molar-refractivity contribution in [2.75, 3.05) is 0 Å².